The van der Waals surface area contributed by atoms with Gasteiger partial charge in [-0.05, 0) is 35.4 Å². The van der Waals surface area contributed by atoms with E-state index in [0.717, 1.165) is 30.3 Å². The van der Waals surface area contributed by atoms with Crippen molar-refractivity contribution in [2.75, 3.05) is 0 Å². The van der Waals surface area contributed by atoms with E-state index in [-0.39, 0.29) is 5.56 Å². The van der Waals surface area contributed by atoms with Gasteiger partial charge in [-0.3, -0.25) is 0 Å². The van der Waals surface area contributed by atoms with Gasteiger partial charge in [-0.15, -0.1) is 13.2 Å². The fourth-order valence-corrected chi connectivity index (χ4v) is 1.91. The number of nitriles is 1. The topological polar surface area (TPSA) is 33.0 Å². The molecule has 0 aliphatic rings. The highest BCUT2D eigenvalue weighted by Crippen LogP contribution is 2.34. The van der Waals surface area contributed by atoms with Gasteiger partial charge >= 0.3 is 12.5 Å². The van der Waals surface area contributed by atoms with E-state index in [4.69, 9.17) is 5.26 Å². The highest BCUT2D eigenvalue weighted by Gasteiger charge is 2.33. The molecule has 0 atom stereocenters. The van der Waals surface area contributed by atoms with Gasteiger partial charge in [-0.25, -0.2) is 0 Å². The number of hydrogen-bond acceptors (Lipinski definition) is 2. The van der Waals surface area contributed by atoms with Gasteiger partial charge in [0.2, 0.25) is 0 Å². The van der Waals surface area contributed by atoms with Crippen molar-refractivity contribution in [2.24, 2.45) is 0 Å². The lowest BCUT2D eigenvalue weighted by Crippen LogP contribution is -2.16. The molecule has 0 fully saturated rings. The minimum Gasteiger partial charge on any atom is -0.406 e. The van der Waals surface area contributed by atoms with Crippen LogP contribution in [0.4, 0.5) is 26.3 Å². The van der Waals surface area contributed by atoms with Crippen molar-refractivity contribution in [3.05, 3.63) is 53.6 Å². The molecule has 2 aromatic carbocycles. The number of ether oxygens (including phenoxy) is 1. The predicted octanol–water partition coefficient (Wildman–Crippen LogP) is 5.14. The zero-order valence-electron chi connectivity index (χ0n) is 11.2. The van der Waals surface area contributed by atoms with Crippen LogP contribution in [-0.2, 0) is 6.18 Å². The number of alkyl halides is 6. The Kier molecular flexibility index (Phi) is 4.23. The summed E-state index contributed by atoms with van der Waals surface area (Å²) in [5, 5.41) is 8.83. The fraction of sp³-hybridized carbons (Fsp3) is 0.133. The minimum absolute atomic E-state index is 0.271. The summed E-state index contributed by atoms with van der Waals surface area (Å²) in [6.07, 6.45) is -9.49. The van der Waals surface area contributed by atoms with Crippen LogP contribution < -0.4 is 4.74 Å². The number of nitrogens with zero attached hydrogens (tertiary/aromatic N) is 1. The van der Waals surface area contributed by atoms with E-state index in [1.165, 1.54) is 18.2 Å². The van der Waals surface area contributed by atoms with Gasteiger partial charge in [0.1, 0.15) is 5.75 Å². The van der Waals surface area contributed by atoms with Crippen LogP contribution >= 0.6 is 0 Å². The van der Waals surface area contributed by atoms with Crippen molar-refractivity contribution in [1.82, 2.24) is 0 Å². The summed E-state index contributed by atoms with van der Waals surface area (Å²) in [4.78, 5) is 0. The second-order valence-corrected chi connectivity index (χ2v) is 4.44. The molecule has 2 aromatic rings. The van der Waals surface area contributed by atoms with E-state index < -0.39 is 29.4 Å². The van der Waals surface area contributed by atoms with Crippen molar-refractivity contribution >= 4 is 0 Å². The fourth-order valence-electron chi connectivity index (χ4n) is 1.91. The Hall–Kier alpha value is -2.69. The van der Waals surface area contributed by atoms with E-state index in [1.54, 1.807) is 0 Å². The first-order chi connectivity index (χ1) is 10.6. The molecule has 0 amide bonds. The smallest absolute Gasteiger partial charge is 0.406 e. The maximum atomic E-state index is 12.7. The van der Waals surface area contributed by atoms with Gasteiger partial charge in [-0.2, -0.15) is 18.4 Å². The van der Waals surface area contributed by atoms with Crippen LogP contribution in [0.2, 0.25) is 0 Å². The number of halogens is 6. The molecule has 0 aliphatic heterocycles. The molecular weight excluding hydrogens is 324 g/mol. The average molecular weight is 331 g/mol. The molecule has 0 radical (unpaired) electrons. The maximum absolute atomic E-state index is 12.7. The molecule has 2 rings (SSSR count). The summed E-state index contributed by atoms with van der Waals surface area (Å²) in [6.45, 7) is 0. The van der Waals surface area contributed by atoms with E-state index in [0.29, 0.717) is 5.56 Å². The van der Waals surface area contributed by atoms with Crippen LogP contribution in [0.15, 0.2) is 42.5 Å². The summed E-state index contributed by atoms with van der Waals surface area (Å²) < 4.78 is 78.0. The largest absolute Gasteiger partial charge is 0.573 e. The maximum Gasteiger partial charge on any atom is 0.573 e. The highest BCUT2D eigenvalue weighted by atomic mass is 19.4. The van der Waals surface area contributed by atoms with Crippen molar-refractivity contribution < 1.29 is 31.1 Å². The number of rotatable bonds is 2. The lowest BCUT2D eigenvalue weighted by molar-refractivity contribution is -0.274. The molecule has 0 bridgehead atoms. The minimum atomic E-state index is -4.83. The summed E-state index contributed by atoms with van der Waals surface area (Å²) >= 11 is 0. The molecule has 0 saturated heterocycles. The third-order valence-corrected chi connectivity index (χ3v) is 2.87. The molecule has 8 heteroatoms. The Morgan fingerprint density at radius 3 is 1.87 bits per heavy atom. The zero-order valence-corrected chi connectivity index (χ0v) is 11.2. The lowest BCUT2D eigenvalue weighted by Gasteiger charge is -2.11. The van der Waals surface area contributed by atoms with Crippen molar-refractivity contribution in [3.63, 3.8) is 0 Å². The first kappa shape index (κ1) is 16.7. The molecule has 0 N–H and O–H groups in total. The second-order valence-electron chi connectivity index (χ2n) is 4.44. The summed E-state index contributed by atoms with van der Waals surface area (Å²) in [7, 11) is 0. The van der Waals surface area contributed by atoms with Crippen molar-refractivity contribution in [2.45, 2.75) is 12.5 Å². The van der Waals surface area contributed by atoms with Crippen LogP contribution in [0.1, 0.15) is 11.1 Å². The molecule has 23 heavy (non-hydrogen) atoms. The highest BCUT2D eigenvalue weighted by molar-refractivity contribution is 5.67. The third-order valence-electron chi connectivity index (χ3n) is 2.87. The van der Waals surface area contributed by atoms with Crippen LogP contribution in [0, 0.1) is 11.3 Å². The molecule has 120 valence electrons. The van der Waals surface area contributed by atoms with Gasteiger partial charge in [0.05, 0.1) is 17.2 Å². The van der Waals surface area contributed by atoms with Gasteiger partial charge < -0.3 is 4.74 Å². The van der Waals surface area contributed by atoms with E-state index in [2.05, 4.69) is 4.74 Å². The average Bonchev–Trinajstić information content (AvgIpc) is 2.44. The Balaban J connectivity index is 2.34. The standard InChI is InChI=1S/C15H7F6NO/c16-14(17,18)13-6-3-10(7-11(13)8-22)9-1-4-12(5-2-9)23-15(19,20)21/h1-7H. The monoisotopic (exact) mass is 331 g/mol. The molecular formula is C15H7F6NO. The van der Waals surface area contributed by atoms with Gasteiger partial charge in [0.25, 0.3) is 0 Å². The SMILES string of the molecule is N#Cc1cc(-c2ccc(OC(F)(F)F)cc2)ccc1C(F)(F)F. The van der Waals surface area contributed by atoms with Crippen molar-refractivity contribution in [3.8, 4) is 22.9 Å². The Labute approximate surface area is 126 Å². The van der Waals surface area contributed by atoms with E-state index in [1.807, 2.05) is 0 Å². The molecule has 0 saturated carbocycles. The normalized spacial score (nSPS) is 11.9. The molecule has 0 aliphatic carbocycles. The number of benzene rings is 2. The summed E-state index contributed by atoms with van der Waals surface area (Å²) in [6, 6.07) is 8.97. The third kappa shape index (κ3) is 4.16. The van der Waals surface area contributed by atoms with Crippen molar-refractivity contribution in [1.29, 1.82) is 5.26 Å². The molecule has 0 aromatic heterocycles. The summed E-state index contributed by atoms with van der Waals surface area (Å²) in [5.74, 6) is -0.450. The quantitative estimate of drug-likeness (QED) is 0.714. The first-order valence-corrected chi connectivity index (χ1v) is 6.08. The van der Waals surface area contributed by atoms with Crippen LogP contribution in [0.5, 0.6) is 5.75 Å². The van der Waals surface area contributed by atoms with E-state index >= 15 is 0 Å². The summed E-state index contributed by atoms with van der Waals surface area (Å²) in [5.41, 5.74) is -1.01. The van der Waals surface area contributed by atoms with Gasteiger partial charge in [0.15, 0.2) is 0 Å². The van der Waals surface area contributed by atoms with Gasteiger partial charge in [-0.1, -0.05) is 18.2 Å². The Morgan fingerprint density at radius 2 is 1.39 bits per heavy atom. The number of hydrogen-bond donors (Lipinski definition) is 0. The molecule has 0 spiro atoms. The lowest BCUT2D eigenvalue weighted by atomic mass is 9.99. The first-order valence-electron chi connectivity index (χ1n) is 6.08. The van der Waals surface area contributed by atoms with Crippen LogP contribution in [0.3, 0.4) is 0 Å². The molecule has 0 heterocycles. The second kappa shape index (κ2) is 5.83. The predicted molar refractivity (Wildman–Crippen MR) is 68.3 cm³/mol. The van der Waals surface area contributed by atoms with E-state index in [9.17, 15) is 26.3 Å². The Bertz CT molecular complexity index is 741. The Morgan fingerprint density at radius 1 is 0.826 bits per heavy atom. The van der Waals surface area contributed by atoms with Crippen LogP contribution in [0.25, 0.3) is 11.1 Å². The van der Waals surface area contributed by atoms with Gasteiger partial charge in [0, 0.05) is 0 Å². The zero-order chi connectivity index (χ0) is 17.3. The van der Waals surface area contributed by atoms with Crippen LogP contribution in [-0.4, -0.2) is 6.36 Å². The molecule has 0 unspecified atom stereocenters. The molecule has 2 nitrogen and oxygen atoms in total.